The van der Waals surface area contributed by atoms with E-state index in [1.807, 2.05) is 6.07 Å². The van der Waals surface area contributed by atoms with Crippen LogP contribution >= 0.6 is 0 Å². The van der Waals surface area contributed by atoms with Crippen LogP contribution < -0.4 is 10.2 Å². The van der Waals surface area contributed by atoms with E-state index < -0.39 is 0 Å². The van der Waals surface area contributed by atoms with Gasteiger partial charge in [0, 0.05) is 18.8 Å². The van der Waals surface area contributed by atoms with Crippen molar-refractivity contribution in [3.63, 3.8) is 0 Å². The number of carbonyl (C=O) groups is 1. The Morgan fingerprint density at radius 1 is 1.14 bits per heavy atom. The van der Waals surface area contributed by atoms with Gasteiger partial charge in [0.25, 0.3) is 5.91 Å². The summed E-state index contributed by atoms with van der Waals surface area (Å²) in [7, 11) is 0. The van der Waals surface area contributed by atoms with Gasteiger partial charge in [0.2, 0.25) is 0 Å². The molecule has 0 atom stereocenters. The standard InChI is InChI=1S/C16H15N5O/c17-9-12-3-5-13(6-4-12)20-16(22)14-10-19-15(11-18-14)21-7-1-2-8-21/h3-6,10-11H,1-2,7-8H2,(H,20,22). The van der Waals surface area contributed by atoms with Crippen LogP contribution in [-0.2, 0) is 0 Å². The predicted molar refractivity (Wildman–Crippen MR) is 82.6 cm³/mol. The summed E-state index contributed by atoms with van der Waals surface area (Å²) < 4.78 is 0. The number of nitrogens with one attached hydrogen (secondary N) is 1. The van der Waals surface area contributed by atoms with Gasteiger partial charge in [0.15, 0.2) is 0 Å². The first-order chi connectivity index (χ1) is 10.8. The summed E-state index contributed by atoms with van der Waals surface area (Å²) in [6.07, 6.45) is 5.47. The third-order valence-electron chi connectivity index (χ3n) is 3.57. The first-order valence-electron chi connectivity index (χ1n) is 7.15. The van der Waals surface area contributed by atoms with Gasteiger partial charge in [-0.05, 0) is 37.1 Å². The fourth-order valence-electron chi connectivity index (χ4n) is 2.37. The lowest BCUT2D eigenvalue weighted by Crippen LogP contribution is -2.20. The number of carbonyl (C=O) groups excluding carboxylic acids is 1. The van der Waals surface area contributed by atoms with Crippen LogP contribution in [0.4, 0.5) is 11.5 Å². The van der Waals surface area contributed by atoms with Gasteiger partial charge in [0.05, 0.1) is 24.0 Å². The number of nitriles is 1. The van der Waals surface area contributed by atoms with E-state index in [1.54, 1.807) is 30.5 Å². The van der Waals surface area contributed by atoms with Gasteiger partial charge in [0.1, 0.15) is 11.5 Å². The van der Waals surface area contributed by atoms with Crippen LogP contribution in [0.3, 0.4) is 0 Å². The Labute approximate surface area is 128 Å². The van der Waals surface area contributed by atoms with Crippen molar-refractivity contribution < 1.29 is 4.79 Å². The molecule has 1 N–H and O–H groups in total. The Bertz CT molecular complexity index is 697. The van der Waals surface area contributed by atoms with Gasteiger partial charge < -0.3 is 10.2 Å². The monoisotopic (exact) mass is 293 g/mol. The largest absolute Gasteiger partial charge is 0.355 e. The van der Waals surface area contributed by atoms with Crippen molar-refractivity contribution in [2.24, 2.45) is 0 Å². The molecule has 0 unspecified atom stereocenters. The Balaban J connectivity index is 1.67. The van der Waals surface area contributed by atoms with Crippen LogP contribution in [0.15, 0.2) is 36.7 Å². The summed E-state index contributed by atoms with van der Waals surface area (Å²) in [5.74, 6) is 0.498. The lowest BCUT2D eigenvalue weighted by molar-refractivity contribution is 0.102. The predicted octanol–water partition coefficient (Wildman–Crippen LogP) is 2.20. The molecule has 1 aliphatic rings. The highest BCUT2D eigenvalue weighted by molar-refractivity contribution is 6.02. The highest BCUT2D eigenvalue weighted by Crippen LogP contribution is 2.16. The van der Waals surface area contributed by atoms with E-state index in [-0.39, 0.29) is 11.6 Å². The first kappa shape index (κ1) is 14.0. The van der Waals surface area contributed by atoms with E-state index in [1.165, 1.54) is 19.0 Å². The first-order valence-corrected chi connectivity index (χ1v) is 7.15. The number of aromatic nitrogens is 2. The average Bonchev–Trinajstić information content (AvgIpc) is 3.10. The summed E-state index contributed by atoms with van der Waals surface area (Å²) in [5, 5.41) is 11.5. The summed E-state index contributed by atoms with van der Waals surface area (Å²) in [4.78, 5) is 22.8. The SMILES string of the molecule is N#Cc1ccc(NC(=O)c2cnc(N3CCCC3)cn2)cc1. The molecule has 6 nitrogen and oxygen atoms in total. The number of benzene rings is 1. The van der Waals surface area contributed by atoms with Crippen molar-refractivity contribution in [1.29, 1.82) is 5.26 Å². The van der Waals surface area contributed by atoms with Gasteiger partial charge in [-0.15, -0.1) is 0 Å². The summed E-state index contributed by atoms with van der Waals surface area (Å²) in [6, 6.07) is 8.70. The van der Waals surface area contributed by atoms with Gasteiger partial charge >= 0.3 is 0 Å². The molecular formula is C16H15N5O. The molecule has 0 saturated carbocycles. The Hall–Kier alpha value is -2.94. The van der Waals surface area contributed by atoms with Crippen molar-refractivity contribution >= 4 is 17.4 Å². The molecule has 1 aromatic heterocycles. The average molecular weight is 293 g/mol. The van der Waals surface area contributed by atoms with Crippen molar-refractivity contribution in [3.8, 4) is 6.07 Å². The molecule has 0 spiro atoms. The molecule has 6 heteroatoms. The second kappa shape index (κ2) is 6.22. The van der Waals surface area contributed by atoms with E-state index in [0.29, 0.717) is 11.3 Å². The van der Waals surface area contributed by atoms with Crippen molar-refractivity contribution in [2.75, 3.05) is 23.3 Å². The number of hydrogen-bond donors (Lipinski definition) is 1. The van der Waals surface area contributed by atoms with Crippen LogP contribution in [0.1, 0.15) is 28.9 Å². The minimum absolute atomic E-state index is 0.271. The lowest BCUT2D eigenvalue weighted by atomic mass is 10.2. The van der Waals surface area contributed by atoms with E-state index in [4.69, 9.17) is 5.26 Å². The molecule has 0 bridgehead atoms. The number of anilines is 2. The second-order valence-corrected chi connectivity index (χ2v) is 5.10. The van der Waals surface area contributed by atoms with Gasteiger partial charge in [-0.3, -0.25) is 4.79 Å². The van der Waals surface area contributed by atoms with Crippen LogP contribution in [0.2, 0.25) is 0 Å². The fourth-order valence-corrected chi connectivity index (χ4v) is 2.37. The van der Waals surface area contributed by atoms with Crippen LogP contribution in [-0.4, -0.2) is 29.0 Å². The smallest absolute Gasteiger partial charge is 0.275 e. The summed E-state index contributed by atoms with van der Waals surface area (Å²) in [6.45, 7) is 1.98. The molecule has 0 radical (unpaired) electrons. The zero-order chi connectivity index (χ0) is 15.4. The quantitative estimate of drug-likeness (QED) is 0.938. The third-order valence-corrected chi connectivity index (χ3v) is 3.57. The molecular weight excluding hydrogens is 278 g/mol. The van der Waals surface area contributed by atoms with Crippen molar-refractivity contribution in [2.45, 2.75) is 12.8 Å². The van der Waals surface area contributed by atoms with E-state index >= 15 is 0 Å². The molecule has 3 rings (SSSR count). The maximum Gasteiger partial charge on any atom is 0.275 e. The third kappa shape index (κ3) is 3.04. The number of hydrogen-bond acceptors (Lipinski definition) is 5. The normalized spacial score (nSPS) is 13.7. The Kier molecular flexibility index (Phi) is 3.97. The van der Waals surface area contributed by atoms with Gasteiger partial charge in [-0.25, -0.2) is 9.97 Å². The molecule has 1 aromatic carbocycles. The second-order valence-electron chi connectivity index (χ2n) is 5.10. The lowest BCUT2D eigenvalue weighted by Gasteiger charge is -2.15. The van der Waals surface area contributed by atoms with E-state index in [2.05, 4.69) is 20.2 Å². The number of rotatable bonds is 3. The van der Waals surface area contributed by atoms with E-state index in [9.17, 15) is 4.79 Å². The Morgan fingerprint density at radius 2 is 1.86 bits per heavy atom. The molecule has 1 fully saturated rings. The van der Waals surface area contributed by atoms with Crippen LogP contribution in [0, 0.1) is 11.3 Å². The topological polar surface area (TPSA) is 81.9 Å². The fraction of sp³-hybridized carbons (Fsp3) is 0.250. The molecule has 2 aromatic rings. The van der Waals surface area contributed by atoms with E-state index in [0.717, 1.165) is 18.9 Å². The maximum absolute atomic E-state index is 12.1. The molecule has 0 aliphatic carbocycles. The molecule has 1 amide bonds. The Morgan fingerprint density at radius 3 is 2.45 bits per heavy atom. The molecule has 1 aliphatic heterocycles. The number of nitrogens with zero attached hydrogens (tertiary/aromatic N) is 4. The zero-order valence-electron chi connectivity index (χ0n) is 12.0. The molecule has 2 heterocycles. The van der Waals surface area contributed by atoms with Gasteiger partial charge in [-0.1, -0.05) is 0 Å². The minimum atomic E-state index is -0.315. The van der Waals surface area contributed by atoms with Gasteiger partial charge in [-0.2, -0.15) is 5.26 Å². The van der Waals surface area contributed by atoms with Crippen LogP contribution in [0.5, 0.6) is 0 Å². The summed E-state index contributed by atoms with van der Waals surface area (Å²) >= 11 is 0. The number of amides is 1. The van der Waals surface area contributed by atoms with Crippen LogP contribution in [0.25, 0.3) is 0 Å². The zero-order valence-corrected chi connectivity index (χ0v) is 12.0. The molecule has 110 valence electrons. The minimum Gasteiger partial charge on any atom is -0.355 e. The maximum atomic E-state index is 12.1. The van der Waals surface area contributed by atoms with Crippen molar-refractivity contribution in [3.05, 3.63) is 47.9 Å². The summed E-state index contributed by atoms with van der Waals surface area (Å²) in [5.41, 5.74) is 1.44. The van der Waals surface area contributed by atoms with Crippen molar-refractivity contribution in [1.82, 2.24) is 9.97 Å². The highest BCUT2D eigenvalue weighted by Gasteiger charge is 2.15. The molecule has 1 saturated heterocycles. The molecule has 22 heavy (non-hydrogen) atoms. The highest BCUT2D eigenvalue weighted by atomic mass is 16.1.